The molecule has 0 radical (unpaired) electrons. The van der Waals surface area contributed by atoms with Gasteiger partial charge in [-0.2, -0.15) is 17.6 Å². The number of hydrogen-bond donors (Lipinski definition) is 1. The molecule has 1 aliphatic heterocycles. The number of halogens is 4. The summed E-state index contributed by atoms with van der Waals surface area (Å²) in [5.74, 6) is -8.43. The van der Waals surface area contributed by atoms with Crippen LogP contribution in [0.5, 0.6) is 0 Å². The average Bonchev–Trinajstić information content (AvgIpc) is 2.57. The molecule has 0 amide bonds. The second-order valence-corrected chi connectivity index (χ2v) is 4.42. The minimum absolute atomic E-state index is 0.167. The summed E-state index contributed by atoms with van der Waals surface area (Å²) in [6.07, 6.45) is 0. The lowest BCUT2D eigenvalue weighted by molar-refractivity contribution is -0.172. The minimum atomic E-state index is -4.07. The van der Waals surface area contributed by atoms with E-state index in [4.69, 9.17) is 5.73 Å². The van der Waals surface area contributed by atoms with Gasteiger partial charge >= 0.3 is 11.8 Å². The molecule has 2 rings (SSSR count). The van der Waals surface area contributed by atoms with E-state index in [1.54, 1.807) is 24.3 Å². The molecule has 1 aromatic carbocycles. The van der Waals surface area contributed by atoms with Crippen molar-refractivity contribution in [2.24, 2.45) is 10.7 Å². The molecule has 1 aromatic rings. The summed E-state index contributed by atoms with van der Waals surface area (Å²) in [6.45, 7) is -2.05. The molecule has 0 spiro atoms. The van der Waals surface area contributed by atoms with Gasteiger partial charge in [-0.3, -0.25) is 0 Å². The van der Waals surface area contributed by atoms with E-state index in [9.17, 15) is 17.6 Å². The first-order chi connectivity index (χ1) is 8.82. The molecule has 1 saturated heterocycles. The van der Waals surface area contributed by atoms with E-state index < -0.39 is 24.9 Å². The number of guanidine groups is 1. The van der Waals surface area contributed by atoms with Crippen molar-refractivity contribution in [1.29, 1.82) is 0 Å². The molecular weight excluding hydrogens is 262 g/mol. The number of rotatable bonds is 2. The van der Waals surface area contributed by atoms with Gasteiger partial charge in [-0.15, -0.1) is 0 Å². The predicted molar refractivity (Wildman–Crippen MR) is 63.2 cm³/mol. The molecule has 0 saturated carbocycles. The van der Waals surface area contributed by atoms with Crippen LogP contribution in [0.3, 0.4) is 0 Å². The maximum atomic E-state index is 13.0. The van der Waals surface area contributed by atoms with E-state index >= 15 is 0 Å². The molecule has 1 fully saturated rings. The number of likely N-dealkylation sites (tertiary alicyclic amines) is 1. The quantitative estimate of drug-likeness (QED) is 0.510. The number of nitrogens with zero attached hydrogens (tertiary/aromatic N) is 2. The van der Waals surface area contributed by atoms with Crippen LogP contribution in [0, 0.1) is 0 Å². The van der Waals surface area contributed by atoms with Gasteiger partial charge in [0.05, 0.1) is 19.6 Å². The van der Waals surface area contributed by atoms with Gasteiger partial charge in [0, 0.05) is 0 Å². The summed E-state index contributed by atoms with van der Waals surface area (Å²) in [7, 11) is 0. The first kappa shape index (κ1) is 13.6. The van der Waals surface area contributed by atoms with Crippen molar-refractivity contribution in [3.63, 3.8) is 0 Å². The topological polar surface area (TPSA) is 41.6 Å². The molecule has 0 aliphatic carbocycles. The fourth-order valence-electron chi connectivity index (χ4n) is 1.78. The largest absolute Gasteiger partial charge is 0.370 e. The van der Waals surface area contributed by atoms with Crippen LogP contribution in [0.2, 0.25) is 0 Å². The monoisotopic (exact) mass is 275 g/mol. The minimum Gasteiger partial charge on any atom is -0.370 e. The highest BCUT2D eigenvalue weighted by Crippen LogP contribution is 2.40. The lowest BCUT2D eigenvalue weighted by Crippen LogP contribution is -2.38. The van der Waals surface area contributed by atoms with Crippen LogP contribution in [0.25, 0.3) is 0 Å². The summed E-state index contributed by atoms with van der Waals surface area (Å²) in [6, 6.07) is 8.96. The molecular formula is C12H13F4N3. The number of hydrogen-bond acceptors (Lipinski definition) is 1. The molecule has 2 N–H and O–H groups in total. The van der Waals surface area contributed by atoms with E-state index in [2.05, 4.69) is 4.99 Å². The van der Waals surface area contributed by atoms with Crippen molar-refractivity contribution in [1.82, 2.24) is 4.90 Å². The van der Waals surface area contributed by atoms with Gasteiger partial charge in [-0.25, -0.2) is 4.99 Å². The van der Waals surface area contributed by atoms with E-state index in [0.717, 1.165) is 5.56 Å². The maximum absolute atomic E-state index is 13.0. The fraction of sp³-hybridized carbons (Fsp3) is 0.417. The molecule has 1 aliphatic rings. The summed E-state index contributed by atoms with van der Waals surface area (Å²) in [5.41, 5.74) is 6.30. The van der Waals surface area contributed by atoms with E-state index in [0.29, 0.717) is 4.90 Å². The molecule has 7 heteroatoms. The van der Waals surface area contributed by atoms with Crippen molar-refractivity contribution in [2.45, 2.75) is 18.4 Å². The van der Waals surface area contributed by atoms with E-state index in [-0.39, 0.29) is 12.5 Å². The van der Waals surface area contributed by atoms with Crippen molar-refractivity contribution in [2.75, 3.05) is 13.1 Å². The smallest absolute Gasteiger partial charge is 0.329 e. The third kappa shape index (κ3) is 2.80. The van der Waals surface area contributed by atoms with Crippen LogP contribution >= 0.6 is 0 Å². The fourth-order valence-corrected chi connectivity index (χ4v) is 1.78. The molecule has 0 atom stereocenters. The van der Waals surface area contributed by atoms with Crippen LogP contribution < -0.4 is 5.73 Å². The Bertz CT molecular complexity index is 457. The van der Waals surface area contributed by atoms with Crippen LogP contribution in [-0.2, 0) is 6.54 Å². The van der Waals surface area contributed by atoms with Crippen molar-refractivity contribution < 1.29 is 17.6 Å². The Kier molecular flexibility index (Phi) is 3.38. The van der Waals surface area contributed by atoms with E-state index in [1.807, 2.05) is 6.07 Å². The first-order valence-electron chi connectivity index (χ1n) is 5.66. The zero-order valence-corrected chi connectivity index (χ0v) is 9.99. The molecule has 0 bridgehead atoms. The summed E-state index contributed by atoms with van der Waals surface area (Å²) >= 11 is 0. The lowest BCUT2D eigenvalue weighted by Gasteiger charge is -2.15. The van der Waals surface area contributed by atoms with E-state index in [1.165, 1.54) is 0 Å². The molecule has 1 heterocycles. The highest BCUT2D eigenvalue weighted by Gasteiger charge is 2.63. The van der Waals surface area contributed by atoms with Crippen LogP contribution in [0.4, 0.5) is 17.6 Å². The van der Waals surface area contributed by atoms with Crippen LogP contribution in [0.15, 0.2) is 35.3 Å². The normalized spacial score (nSPS) is 21.7. The van der Waals surface area contributed by atoms with Gasteiger partial charge in [-0.05, 0) is 5.56 Å². The Hall–Kier alpha value is -1.79. The van der Waals surface area contributed by atoms with Gasteiger partial charge in [-0.1, -0.05) is 30.3 Å². The van der Waals surface area contributed by atoms with Gasteiger partial charge in [0.15, 0.2) is 5.96 Å². The zero-order valence-electron chi connectivity index (χ0n) is 9.99. The third-order valence-corrected chi connectivity index (χ3v) is 2.90. The Morgan fingerprint density at radius 3 is 2.16 bits per heavy atom. The first-order valence-corrected chi connectivity index (χ1v) is 5.66. The number of alkyl halides is 4. The molecule has 0 unspecified atom stereocenters. The van der Waals surface area contributed by atoms with Gasteiger partial charge < -0.3 is 10.6 Å². The number of benzene rings is 1. The average molecular weight is 275 g/mol. The zero-order chi connectivity index (χ0) is 14.1. The van der Waals surface area contributed by atoms with Crippen molar-refractivity contribution in [3.8, 4) is 0 Å². The van der Waals surface area contributed by atoms with Gasteiger partial charge in [0.1, 0.15) is 0 Å². The molecule has 19 heavy (non-hydrogen) atoms. The predicted octanol–water partition coefficient (Wildman–Crippen LogP) is 2.09. The second-order valence-electron chi connectivity index (χ2n) is 4.42. The Balaban J connectivity index is 2.04. The Morgan fingerprint density at radius 2 is 1.63 bits per heavy atom. The van der Waals surface area contributed by atoms with Crippen molar-refractivity contribution in [3.05, 3.63) is 35.9 Å². The van der Waals surface area contributed by atoms with Crippen LogP contribution in [0.1, 0.15) is 5.56 Å². The Morgan fingerprint density at radius 1 is 1.11 bits per heavy atom. The number of nitrogens with two attached hydrogens (primary N) is 1. The van der Waals surface area contributed by atoms with Gasteiger partial charge in [0.25, 0.3) is 0 Å². The summed E-state index contributed by atoms with van der Waals surface area (Å²) in [4.78, 5) is 4.57. The van der Waals surface area contributed by atoms with Crippen molar-refractivity contribution >= 4 is 5.96 Å². The SMILES string of the molecule is NC(=NCc1ccccc1)N1CC(F)(F)C(F)(F)C1. The molecule has 0 aromatic heterocycles. The maximum Gasteiger partial charge on any atom is 0.329 e. The number of aliphatic imine (C=N–C) groups is 1. The summed E-state index contributed by atoms with van der Waals surface area (Å²) in [5, 5.41) is 0. The molecule has 3 nitrogen and oxygen atoms in total. The third-order valence-electron chi connectivity index (χ3n) is 2.90. The highest BCUT2D eigenvalue weighted by molar-refractivity contribution is 5.78. The van der Waals surface area contributed by atoms with Crippen LogP contribution in [-0.4, -0.2) is 35.8 Å². The Labute approximate surface area is 107 Å². The van der Waals surface area contributed by atoms with Gasteiger partial charge in [0.2, 0.25) is 0 Å². The standard InChI is InChI=1S/C12H13F4N3/c13-11(14)7-19(8-12(11,15)16)10(17)18-6-9-4-2-1-3-5-9/h1-5H,6-8H2,(H2,17,18). The summed E-state index contributed by atoms with van der Waals surface area (Å²) < 4.78 is 52.0. The molecule has 104 valence electrons. The lowest BCUT2D eigenvalue weighted by atomic mass is 10.2. The highest BCUT2D eigenvalue weighted by atomic mass is 19.3. The second kappa shape index (κ2) is 4.71.